The van der Waals surface area contributed by atoms with Crippen LogP contribution in [0.15, 0.2) is 22.7 Å². The summed E-state index contributed by atoms with van der Waals surface area (Å²) in [6, 6.07) is 4.76. The molecule has 0 spiro atoms. The quantitative estimate of drug-likeness (QED) is 0.905. The van der Waals surface area contributed by atoms with E-state index in [1.54, 1.807) is 12.1 Å². The van der Waals surface area contributed by atoms with Crippen molar-refractivity contribution < 1.29 is 14.3 Å². The molecule has 0 saturated carbocycles. The Kier molecular flexibility index (Phi) is 5.09. The van der Waals surface area contributed by atoms with E-state index in [1.807, 2.05) is 0 Å². The number of Topliss-reactive ketones (excluding diaryl/α,β-unsaturated/α-hetero) is 1. The molecular formula is C12H14BrFO2. The van der Waals surface area contributed by atoms with Crippen molar-refractivity contribution in [3.63, 3.8) is 0 Å². The Balaban J connectivity index is 2.85. The van der Waals surface area contributed by atoms with E-state index in [0.717, 1.165) is 5.56 Å². The molecule has 2 nitrogen and oxygen atoms in total. The first-order valence-corrected chi connectivity index (χ1v) is 5.89. The Bertz CT molecular complexity index is 379. The van der Waals surface area contributed by atoms with Gasteiger partial charge >= 0.3 is 0 Å². The van der Waals surface area contributed by atoms with Gasteiger partial charge in [-0.3, -0.25) is 4.79 Å². The Hall–Kier alpha value is -0.740. The molecule has 0 aliphatic heterocycles. The predicted molar refractivity (Wildman–Crippen MR) is 63.7 cm³/mol. The average Bonchev–Trinajstić information content (AvgIpc) is 2.23. The molecule has 1 rings (SSSR count). The van der Waals surface area contributed by atoms with E-state index in [9.17, 15) is 9.18 Å². The van der Waals surface area contributed by atoms with Crippen LogP contribution < -0.4 is 0 Å². The lowest BCUT2D eigenvalue weighted by molar-refractivity contribution is -0.121. The van der Waals surface area contributed by atoms with Crippen LogP contribution in [0.2, 0.25) is 0 Å². The Morgan fingerprint density at radius 1 is 1.56 bits per heavy atom. The molecule has 0 aromatic heterocycles. The van der Waals surface area contributed by atoms with Gasteiger partial charge in [-0.05, 0) is 47.3 Å². The Labute approximate surface area is 103 Å². The number of aliphatic hydroxyl groups is 1. The summed E-state index contributed by atoms with van der Waals surface area (Å²) in [5.74, 6) is -0.558. The van der Waals surface area contributed by atoms with Crippen LogP contribution in [-0.4, -0.2) is 17.5 Å². The fourth-order valence-electron chi connectivity index (χ4n) is 1.58. The highest BCUT2D eigenvalue weighted by atomic mass is 79.9. The van der Waals surface area contributed by atoms with Gasteiger partial charge in [-0.25, -0.2) is 4.39 Å². The van der Waals surface area contributed by atoms with Crippen molar-refractivity contribution in [2.75, 3.05) is 6.61 Å². The molecule has 0 bridgehead atoms. The highest BCUT2D eigenvalue weighted by Gasteiger charge is 2.16. The van der Waals surface area contributed by atoms with Crippen LogP contribution in [0.3, 0.4) is 0 Å². The van der Waals surface area contributed by atoms with Crippen LogP contribution in [0.4, 0.5) is 4.39 Å². The van der Waals surface area contributed by atoms with Gasteiger partial charge in [0.15, 0.2) is 0 Å². The van der Waals surface area contributed by atoms with E-state index < -0.39 is 0 Å². The molecule has 0 amide bonds. The summed E-state index contributed by atoms with van der Waals surface area (Å²) in [4.78, 5) is 11.3. The molecule has 0 heterocycles. The largest absolute Gasteiger partial charge is 0.396 e. The van der Waals surface area contributed by atoms with Gasteiger partial charge in [0.05, 0.1) is 4.47 Å². The van der Waals surface area contributed by atoms with Crippen LogP contribution in [-0.2, 0) is 11.2 Å². The number of rotatable bonds is 5. The van der Waals surface area contributed by atoms with Crippen molar-refractivity contribution in [3.05, 3.63) is 34.1 Å². The van der Waals surface area contributed by atoms with E-state index >= 15 is 0 Å². The molecule has 4 heteroatoms. The van der Waals surface area contributed by atoms with Gasteiger partial charge in [-0.15, -0.1) is 0 Å². The zero-order valence-electron chi connectivity index (χ0n) is 9.04. The molecule has 0 aliphatic carbocycles. The molecule has 88 valence electrons. The number of ketones is 1. The maximum absolute atomic E-state index is 13.2. The van der Waals surface area contributed by atoms with E-state index in [1.165, 1.54) is 13.0 Å². The lowest BCUT2D eigenvalue weighted by atomic mass is 9.93. The molecule has 0 fully saturated rings. The smallest absolute Gasteiger partial charge is 0.137 e. The molecule has 1 unspecified atom stereocenters. The number of halogens is 2. The van der Waals surface area contributed by atoms with Crippen LogP contribution in [0.25, 0.3) is 0 Å². The first kappa shape index (κ1) is 13.3. The normalized spacial score (nSPS) is 12.5. The van der Waals surface area contributed by atoms with Crippen molar-refractivity contribution in [3.8, 4) is 0 Å². The third-order valence-corrected chi connectivity index (χ3v) is 3.44. The third-order valence-electron chi connectivity index (χ3n) is 2.55. The van der Waals surface area contributed by atoms with Crippen LogP contribution >= 0.6 is 15.9 Å². The van der Waals surface area contributed by atoms with E-state index in [0.29, 0.717) is 17.3 Å². The fraction of sp³-hybridized carbons (Fsp3) is 0.417. The SMILES string of the molecule is CC(=O)C(CCO)Cc1cccc(F)c1Br. The number of carbonyl (C=O) groups excluding carboxylic acids is 1. The Morgan fingerprint density at radius 2 is 2.25 bits per heavy atom. The maximum Gasteiger partial charge on any atom is 0.137 e. The minimum Gasteiger partial charge on any atom is -0.396 e. The minimum absolute atomic E-state index is 0.0187. The third kappa shape index (κ3) is 3.39. The van der Waals surface area contributed by atoms with Gasteiger partial charge in [0.2, 0.25) is 0 Å². The summed E-state index contributed by atoms with van der Waals surface area (Å²) < 4.78 is 13.6. The van der Waals surface area contributed by atoms with Crippen molar-refractivity contribution in [2.45, 2.75) is 19.8 Å². The monoisotopic (exact) mass is 288 g/mol. The predicted octanol–water partition coefficient (Wildman–Crippen LogP) is 2.72. The van der Waals surface area contributed by atoms with Crippen molar-refractivity contribution in [2.24, 2.45) is 5.92 Å². The van der Waals surface area contributed by atoms with Gasteiger partial charge in [-0.1, -0.05) is 12.1 Å². The summed E-state index contributed by atoms with van der Waals surface area (Å²) in [7, 11) is 0. The van der Waals surface area contributed by atoms with E-state index in [2.05, 4.69) is 15.9 Å². The zero-order chi connectivity index (χ0) is 12.1. The lowest BCUT2D eigenvalue weighted by Crippen LogP contribution is -2.16. The van der Waals surface area contributed by atoms with Gasteiger partial charge in [0.1, 0.15) is 11.6 Å². The van der Waals surface area contributed by atoms with Crippen molar-refractivity contribution in [1.82, 2.24) is 0 Å². The average molecular weight is 289 g/mol. The lowest BCUT2D eigenvalue weighted by Gasteiger charge is -2.13. The first-order chi connectivity index (χ1) is 7.56. The Morgan fingerprint density at radius 3 is 2.81 bits per heavy atom. The molecule has 0 aliphatic rings. The molecule has 1 aromatic rings. The first-order valence-electron chi connectivity index (χ1n) is 5.10. The number of hydrogen-bond acceptors (Lipinski definition) is 2. The van der Waals surface area contributed by atoms with E-state index in [4.69, 9.17) is 5.11 Å². The zero-order valence-corrected chi connectivity index (χ0v) is 10.6. The van der Waals surface area contributed by atoms with Crippen LogP contribution in [0.5, 0.6) is 0 Å². The summed E-state index contributed by atoms with van der Waals surface area (Å²) in [5, 5.41) is 8.85. The number of aliphatic hydroxyl groups excluding tert-OH is 1. The molecule has 16 heavy (non-hydrogen) atoms. The maximum atomic E-state index is 13.2. The number of benzene rings is 1. The number of hydrogen-bond donors (Lipinski definition) is 1. The van der Waals surface area contributed by atoms with Gasteiger partial charge in [0, 0.05) is 12.5 Å². The van der Waals surface area contributed by atoms with Crippen molar-refractivity contribution >= 4 is 21.7 Å². The minimum atomic E-state index is -0.330. The van der Waals surface area contributed by atoms with Gasteiger partial charge in [0.25, 0.3) is 0 Å². The summed E-state index contributed by atoms with van der Waals surface area (Å²) in [6.07, 6.45) is 0.868. The second kappa shape index (κ2) is 6.11. The number of carbonyl (C=O) groups is 1. The topological polar surface area (TPSA) is 37.3 Å². The van der Waals surface area contributed by atoms with Crippen LogP contribution in [0.1, 0.15) is 18.9 Å². The van der Waals surface area contributed by atoms with Gasteiger partial charge in [-0.2, -0.15) is 0 Å². The second-order valence-electron chi connectivity index (χ2n) is 3.74. The summed E-state index contributed by atoms with van der Waals surface area (Å²) in [5.41, 5.74) is 0.758. The highest BCUT2D eigenvalue weighted by molar-refractivity contribution is 9.10. The molecule has 1 N–H and O–H groups in total. The standard InChI is InChI=1S/C12H14BrFO2/c1-8(16)9(5-6-15)7-10-3-2-4-11(14)12(10)13/h2-4,9,15H,5-7H2,1H3. The molecule has 0 radical (unpaired) electrons. The molecule has 0 saturated heterocycles. The van der Waals surface area contributed by atoms with Gasteiger partial charge < -0.3 is 5.11 Å². The highest BCUT2D eigenvalue weighted by Crippen LogP contribution is 2.24. The summed E-state index contributed by atoms with van der Waals surface area (Å²) in [6.45, 7) is 1.46. The molecular weight excluding hydrogens is 275 g/mol. The second-order valence-corrected chi connectivity index (χ2v) is 4.53. The van der Waals surface area contributed by atoms with Crippen LogP contribution in [0, 0.1) is 11.7 Å². The molecule has 1 aromatic carbocycles. The summed E-state index contributed by atoms with van der Waals surface area (Å²) >= 11 is 3.16. The fourth-order valence-corrected chi connectivity index (χ4v) is 2.00. The van der Waals surface area contributed by atoms with E-state index in [-0.39, 0.29) is 24.1 Å². The van der Waals surface area contributed by atoms with Crippen molar-refractivity contribution in [1.29, 1.82) is 0 Å². The molecule has 1 atom stereocenters.